The molecule has 0 aliphatic heterocycles. The third-order valence-electron chi connectivity index (χ3n) is 4.18. The van der Waals surface area contributed by atoms with E-state index in [-0.39, 0.29) is 5.54 Å². The Balaban J connectivity index is 2.64. The lowest BCUT2D eigenvalue weighted by Gasteiger charge is -2.38. The molecule has 0 amide bonds. The van der Waals surface area contributed by atoms with Gasteiger partial charge in [0.15, 0.2) is 0 Å². The van der Waals surface area contributed by atoms with E-state index < -0.39 is 0 Å². The summed E-state index contributed by atoms with van der Waals surface area (Å²) in [6.45, 7) is 8.38. The Bertz CT molecular complexity index is 375. The second-order valence-electron chi connectivity index (χ2n) is 6.00. The highest BCUT2D eigenvalue weighted by atomic mass is 15.2. The highest BCUT2D eigenvalue weighted by Crippen LogP contribution is 2.22. The standard InChI is InChI=1S/C17H30N2/c1-5-6-7-11-17(3,14-18)19(4)13-16-10-8-9-15(2)12-16/h8-10,12H,5-7,11,13-14,18H2,1-4H3. The fourth-order valence-corrected chi connectivity index (χ4v) is 2.48. The van der Waals surface area contributed by atoms with Crippen molar-refractivity contribution in [3.8, 4) is 0 Å². The van der Waals surface area contributed by atoms with E-state index in [4.69, 9.17) is 5.73 Å². The average molecular weight is 262 g/mol. The third-order valence-corrected chi connectivity index (χ3v) is 4.18. The molecule has 2 nitrogen and oxygen atoms in total. The molecule has 2 heteroatoms. The molecule has 1 unspecified atom stereocenters. The minimum atomic E-state index is 0.110. The molecule has 108 valence electrons. The minimum Gasteiger partial charge on any atom is -0.329 e. The van der Waals surface area contributed by atoms with Gasteiger partial charge in [0, 0.05) is 18.6 Å². The van der Waals surface area contributed by atoms with Crippen LogP contribution >= 0.6 is 0 Å². The molecule has 0 bridgehead atoms. The number of nitrogens with zero attached hydrogens (tertiary/aromatic N) is 1. The van der Waals surface area contributed by atoms with Gasteiger partial charge in [0.05, 0.1) is 0 Å². The summed E-state index contributed by atoms with van der Waals surface area (Å²) in [6, 6.07) is 8.74. The molecule has 0 saturated carbocycles. The molecule has 0 aliphatic rings. The SMILES string of the molecule is CCCCCC(C)(CN)N(C)Cc1cccc(C)c1. The Morgan fingerprint density at radius 3 is 2.58 bits per heavy atom. The van der Waals surface area contributed by atoms with Crippen LogP contribution in [0.1, 0.15) is 50.7 Å². The van der Waals surface area contributed by atoms with Crippen LogP contribution in [0.4, 0.5) is 0 Å². The van der Waals surface area contributed by atoms with Crippen LogP contribution in [0.2, 0.25) is 0 Å². The van der Waals surface area contributed by atoms with Gasteiger partial charge in [-0.2, -0.15) is 0 Å². The summed E-state index contributed by atoms with van der Waals surface area (Å²) in [7, 11) is 2.20. The smallest absolute Gasteiger partial charge is 0.0304 e. The van der Waals surface area contributed by atoms with E-state index in [9.17, 15) is 0 Å². The summed E-state index contributed by atoms with van der Waals surface area (Å²) >= 11 is 0. The van der Waals surface area contributed by atoms with E-state index in [1.165, 1.54) is 36.8 Å². The number of hydrogen-bond acceptors (Lipinski definition) is 2. The van der Waals surface area contributed by atoms with E-state index in [0.29, 0.717) is 0 Å². The van der Waals surface area contributed by atoms with Crippen LogP contribution < -0.4 is 5.73 Å². The van der Waals surface area contributed by atoms with Gasteiger partial charge in [0.25, 0.3) is 0 Å². The van der Waals surface area contributed by atoms with Crippen molar-refractivity contribution in [2.75, 3.05) is 13.6 Å². The number of hydrogen-bond donors (Lipinski definition) is 1. The molecule has 19 heavy (non-hydrogen) atoms. The lowest BCUT2D eigenvalue weighted by Crippen LogP contribution is -2.49. The van der Waals surface area contributed by atoms with Crippen molar-refractivity contribution in [3.63, 3.8) is 0 Å². The van der Waals surface area contributed by atoms with Crippen molar-refractivity contribution in [2.45, 2.75) is 58.5 Å². The number of aryl methyl sites for hydroxylation is 1. The molecule has 1 atom stereocenters. The fraction of sp³-hybridized carbons (Fsp3) is 0.647. The van der Waals surface area contributed by atoms with Gasteiger partial charge < -0.3 is 5.73 Å². The zero-order chi connectivity index (χ0) is 14.3. The molecule has 2 N–H and O–H groups in total. The van der Waals surface area contributed by atoms with E-state index in [0.717, 1.165) is 13.1 Å². The van der Waals surface area contributed by atoms with Crippen LogP contribution in [-0.2, 0) is 6.54 Å². The van der Waals surface area contributed by atoms with Crippen LogP contribution in [0, 0.1) is 6.92 Å². The quantitative estimate of drug-likeness (QED) is 0.723. The molecule has 0 spiro atoms. The molecule has 0 radical (unpaired) electrons. The fourth-order valence-electron chi connectivity index (χ4n) is 2.48. The Morgan fingerprint density at radius 2 is 2.00 bits per heavy atom. The first-order valence-electron chi connectivity index (χ1n) is 7.48. The van der Waals surface area contributed by atoms with Gasteiger partial charge >= 0.3 is 0 Å². The van der Waals surface area contributed by atoms with Crippen LogP contribution in [-0.4, -0.2) is 24.0 Å². The topological polar surface area (TPSA) is 29.3 Å². The monoisotopic (exact) mass is 262 g/mol. The first kappa shape index (κ1) is 16.2. The first-order chi connectivity index (χ1) is 9.01. The number of benzene rings is 1. The molecule has 0 aliphatic carbocycles. The Kier molecular flexibility index (Phi) is 6.53. The van der Waals surface area contributed by atoms with Crippen LogP contribution in [0.3, 0.4) is 0 Å². The van der Waals surface area contributed by atoms with E-state index in [2.05, 4.69) is 57.0 Å². The molecular formula is C17H30N2. The molecule has 1 aromatic carbocycles. The summed E-state index contributed by atoms with van der Waals surface area (Å²) in [5.41, 5.74) is 8.84. The molecule has 0 fully saturated rings. The predicted molar refractivity (Wildman–Crippen MR) is 84.2 cm³/mol. The largest absolute Gasteiger partial charge is 0.329 e. The molecule has 0 saturated heterocycles. The summed E-state index contributed by atoms with van der Waals surface area (Å²) in [4.78, 5) is 2.41. The van der Waals surface area contributed by atoms with E-state index >= 15 is 0 Å². The molecule has 1 rings (SSSR count). The zero-order valence-electron chi connectivity index (χ0n) is 13.1. The average Bonchev–Trinajstić information content (AvgIpc) is 2.38. The van der Waals surface area contributed by atoms with Crippen molar-refractivity contribution in [1.29, 1.82) is 0 Å². The van der Waals surface area contributed by atoms with Crippen LogP contribution in [0.25, 0.3) is 0 Å². The number of rotatable bonds is 8. The number of nitrogens with two attached hydrogens (primary N) is 1. The minimum absolute atomic E-state index is 0.110. The Labute approximate surface area is 119 Å². The van der Waals surface area contributed by atoms with Crippen molar-refractivity contribution in [3.05, 3.63) is 35.4 Å². The van der Waals surface area contributed by atoms with Gasteiger partial charge in [-0.15, -0.1) is 0 Å². The van der Waals surface area contributed by atoms with Gasteiger partial charge in [-0.1, -0.05) is 56.0 Å². The highest BCUT2D eigenvalue weighted by molar-refractivity contribution is 5.22. The lowest BCUT2D eigenvalue weighted by molar-refractivity contribution is 0.123. The molecule has 0 heterocycles. The van der Waals surface area contributed by atoms with Crippen molar-refractivity contribution in [2.24, 2.45) is 5.73 Å². The van der Waals surface area contributed by atoms with Crippen molar-refractivity contribution < 1.29 is 0 Å². The van der Waals surface area contributed by atoms with Crippen LogP contribution in [0.15, 0.2) is 24.3 Å². The summed E-state index contributed by atoms with van der Waals surface area (Å²) in [5, 5.41) is 0. The third kappa shape index (κ3) is 4.96. The van der Waals surface area contributed by atoms with Gasteiger partial charge in [0.2, 0.25) is 0 Å². The van der Waals surface area contributed by atoms with Gasteiger partial charge in [-0.3, -0.25) is 4.90 Å². The van der Waals surface area contributed by atoms with Gasteiger partial charge in [-0.25, -0.2) is 0 Å². The van der Waals surface area contributed by atoms with Crippen LogP contribution in [0.5, 0.6) is 0 Å². The van der Waals surface area contributed by atoms with Gasteiger partial charge in [0.1, 0.15) is 0 Å². The maximum Gasteiger partial charge on any atom is 0.0304 e. The second kappa shape index (κ2) is 7.66. The van der Waals surface area contributed by atoms with Crippen molar-refractivity contribution in [1.82, 2.24) is 4.90 Å². The molecule has 1 aromatic rings. The van der Waals surface area contributed by atoms with E-state index in [1.54, 1.807) is 0 Å². The summed E-state index contributed by atoms with van der Waals surface area (Å²) < 4.78 is 0. The molecule has 0 aromatic heterocycles. The summed E-state index contributed by atoms with van der Waals surface area (Å²) in [5.74, 6) is 0. The normalized spacial score (nSPS) is 14.6. The maximum atomic E-state index is 6.03. The zero-order valence-corrected chi connectivity index (χ0v) is 13.1. The number of unbranched alkanes of at least 4 members (excludes halogenated alkanes) is 2. The Hall–Kier alpha value is -0.860. The van der Waals surface area contributed by atoms with E-state index in [1.807, 2.05) is 0 Å². The van der Waals surface area contributed by atoms with Crippen molar-refractivity contribution >= 4 is 0 Å². The highest BCUT2D eigenvalue weighted by Gasteiger charge is 2.26. The first-order valence-corrected chi connectivity index (χ1v) is 7.48. The summed E-state index contributed by atoms with van der Waals surface area (Å²) in [6.07, 6.45) is 5.01. The molecular weight excluding hydrogens is 232 g/mol. The maximum absolute atomic E-state index is 6.03. The lowest BCUT2D eigenvalue weighted by atomic mass is 9.92. The second-order valence-corrected chi connectivity index (χ2v) is 6.00. The number of likely N-dealkylation sites (N-methyl/N-ethyl adjacent to an activating group) is 1. The Morgan fingerprint density at radius 1 is 1.26 bits per heavy atom. The van der Waals surface area contributed by atoms with Gasteiger partial charge in [-0.05, 0) is 32.9 Å². The predicted octanol–water partition coefficient (Wildman–Crippen LogP) is 3.72.